The van der Waals surface area contributed by atoms with Crippen molar-refractivity contribution < 1.29 is 14.7 Å². The number of carboxylic acids is 1. The summed E-state index contributed by atoms with van der Waals surface area (Å²) in [6, 6.07) is 0.0916. The van der Waals surface area contributed by atoms with Gasteiger partial charge in [-0.05, 0) is 38.5 Å². The molecular weight excluding hydrogens is 268 g/mol. The summed E-state index contributed by atoms with van der Waals surface area (Å²) in [5.74, 6) is -0.763. The average Bonchev–Trinajstić information content (AvgIpc) is 2.42. The third kappa shape index (κ3) is 5.56. The van der Waals surface area contributed by atoms with Crippen molar-refractivity contribution in [3.05, 3.63) is 0 Å². The van der Waals surface area contributed by atoms with E-state index in [1.54, 1.807) is 0 Å². The van der Waals surface area contributed by atoms with E-state index in [1.807, 2.05) is 18.7 Å². The predicted molar refractivity (Wildman–Crippen MR) is 83.3 cm³/mol. The first-order valence-corrected chi connectivity index (χ1v) is 8.16. The van der Waals surface area contributed by atoms with E-state index in [9.17, 15) is 9.59 Å². The smallest absolute Gasteiger partial charge is 0.317 e. The molecule has 0 aromatic heterocycles. The second-order valence-corrected chi connectivity index (χ2v) is 6.58. The topological polar surface area (TPSA) is 69.6 Å². The first-order valence-electron chi connectivity index (χ1n) is 8.16. The van der Waals surface area contributed by atoms with Gasteiger partial charge in [-0.1, -0.05) is 26.2 Å². The maximum absolute atomic E-state index is 12.3. The van der Waals surface area contributed by atoms with E-state index in [-0.39, 0.29) is 23.9 Å². The van der Waals surface area contributed by atoms with Gasteiger partial charge in [-0.15, -0.1) is 0 Å². The highest BCUT2D eigenvalue weighted by Crippen LogP contribution is 2.38. The lowest BCUT2D eigenvalue weighted by atomic mass is 9.72. The van der Waals surface area contributed by atoms with E-state index < -0.39 is 5.97 Å². The molecule has 0 heterocycles. The first kappa shape index (κ1) is 17.8. The Hall–Kier alpha value is -1.26. The van der Waals surface area contributed by atoms with Crippen molar-refractivity contribution in [1.29, 1.82) is 0 Å². The van der Waals surface area contributed by atoms with Crippen LogP contribution < -0.4 is 5.32 Å². The van der Waals surface area contributed by atoms with Crippen LogP contribution in [-0.4, -0.2) is 41.1 Å². The summed E-state index contributed by atoms with van der Waals surface area (Å²) < 4.78 is 0. The van der Waals surface area contributed by atoms with Crippen molar-refractivity contribution >= 4 is 12.0 Å². The Labute approximate surface area is 128 Å². The van der Waals surface area contributed by atoms with Crippen molar-refractivity contribution in [2.75, 3.05) is 13.1 Å². The second kappa shape index (κ2) is 8.25. The third-order valence-corrected chi connectivity index (χ3v) is 4.40. The molecule has 0 radical (unpaired) electrons. The quantitative estimate of drug-likeness (QED) is 0.758. The van der Waals surface area contributed by atoms with Crippen LogP contribution in [0.4, 0.5) is 4.79 Å². The Morgan fingerprint density at radius 1 is 1.24 bits per heavy atom. The number of nitrogens with one attached hydrogen (secondary N) is 1. The lowest BCUT2D eigenvalue weighted by Crippen LogP contribution is -2.48. The Bertz CT molecular complexity index is 349. The molecule has 1 fully saturated rings. The van der Waals surface area contributed by atoms with Crippen molar-refractivity contribution in [1.82, 2.24) is 10.2 Å². The summed E-state index contributed by atoms with van der Waals surface area (Å²) in [4.78, 5) is 25.3. The third-order valence-electron chi connectivity index (χ3n) is 4.40. The summed E-state index contributed by atoms with van der Waals surface area (Å²) in [7, 11) is 0. The zero-order valence-corrected chi connectivity index (χ0v) is 13.7. The zero-order chi connectivity index (χ0) is 15.9. The number of aliphatic carboxylic acids is 1. The number of hydrogen-bond donors (Lipinski definition) is 2. The lowest BCUT2D eigenvalue weighted by molar-refractivity contribution is -0.140. The summed E-state index contributed by atoms with van der Waals surface area (Å²) in [5, 5.41) is 12.1. The predicted octanol–water partition coefficient (Wildman–Crippen LogP) is 3.24. The zero-order valence-electron chi connectivity index (χ0n) is 13.7. The number of rotatable bonds is 7. The molecule has 1 rings (SSSR count). The number of amides is 2. The number of carbonyl (C=O) groups excluding carboxylic acids is 1. The standard InChI is InChI=1S/C16H30N2O3/c1-4-10-18(13(2)3)15(21)17-12-16(11-14(19)20)8-6-5-7-9-16/h13H,4-12H2,1-3H3,(H,17,21)(H,19,20). The minimum atomic E-state index is -0.763. The molecule has 0 saturated heterocycles. The fraction of sp³-hybridized carbons (Fsp3) is 0.875. The van der Waals surface area contributed by atoms with Gasteiger partial charge in [0, 0.05) is 19.1 Å². The van der Waals surface area contributed by atoms with Gasteiger partial charge in [-0.25, -0.2) is 4.79 Å². The number of hydrogen-bond acceptors (Lipinski definition) is 2. The molecule has 1 aliphatic rings. The van der Waals surface area contributed by atoms with Crippen LogP contribution in [0.15, 0.2) is 0 Å². The molecule has 5 nitrogen and oxygen atoms in total. The Balaban J connectivity index is 2.63. The van der Waals surface area contributed by atoms with Gasteiger partial charge in [-0.3, -0.25) is 4.79 Å². The Morgan fingerprint density at radius 3 is 2.33 bits per heavy atom. The summed E-state index contributed by atoms with van der Waals surface area (Å²) in [6.07, 6.45) is 6.17. The highest BCUT2D eigenvalue weighted by atomic mass is 16.4. The van der Waals surface area contributed by atoms with Crippen LogP contribution in [0, 0.1) is 5.41 Å². The van der Waals surface area contributed by atoms with Gasteiger partial charge in [-0.2, -0.15) is 0 Å². The molecule has 1 saturated carbocycles. The first-order chi connectivity index (χ1) is 9.90. The Kier molecular flexibility index (Phi) is 6.99. The van der Waals surface area contributed by atoms with Gasteiger partial charge in [0.25, 0.3) is 0 Å². The van der Waals surface area contributed by atoms with Crippen molar-refractivity contribution in [2.24, 2.45) is 5.41 Å². The molecule has 2 amide bonds. The van der Waals surface area contributed by atoms with E-state index in [0.717, 1.165) is 38.6 Å². The Morgan fingerprint density at radius 2 is 1.86 bits per heavy atom. The van der Waals surface area contributed by atoms with Gasteiger partial charge in [0.15, 0.2) is 0 Å². The molecule has 21 heavy (non-hydrogen) atoms. The minimum absolute atomic E-state index is 0.0674. The largest absolute Gasteiger partial charge is 0.481 e. The lowest BCUT2D eigenvalue weighted by Gasteiger charge is -2.37. The molecule has 0 unspecified atom stereocenters. The van der Waals surface area contributed by atoms with Crippen LogP contribution >= 0.6 is 0 Å². The fourth-order valence-electron chi connectivity index (χ4n) is 3.24. The monoisotopic (exact) mass is 298 g/mol. The van der Waals surface area contributed by atoms with Crippen molar-refractivity contribution in [3.8, 4) is 0 Å². The van der Waals surface area contributed by atoms with Gasteiger partial charge in [0.1, 0.15) is 0 Å². The average molecular weight is 298 g/mol. The maximum atomic E-state index is 12.3. The molecule has 5 heteroatoms. The van der Waals surface area contributed by atoms with Gasteiger partial charge in [0.2, 0.25) is 0 Å². The van der Waals surface area contributed by atoms with Gasteiger partial charge in [0.05, 0.1) is 6.42 Å². The van der Waals surface area contributed by atoms with Crippen molar-refractivity contribution in [2.45, 2.75) is 71.8 Å². The number of carbonyl (C=O) groups is 2. The van der Waals surface area contributed by atoms with E-state index in [2.05, 4.69) is 12.2 Å². The van der Waals surface area contributed by atoms with Crippen LogP contribution in [0.5, 0.6) is 0 Å². The van der Waals surface area contributed by atoms with E-state index in [1.165, 1.54) is 6.42 Å². The molecule has 2 N–H and O–H groups in total. The molecular formula is C16H30N2O3. The van der Waals surface area contributed by atoms with Crippen LogP contribution in [0.3, 0.4) is 0 Å². The summed E-state index contributed by atoms with van der Waals surface area (Å²) in [5.41, 5.74) is -0.255. The van der Waals surface area contributed by atoms with E-state index in [4.69, 9.17) is 5.11 Å². The molecule has 1 aliphatic carbocycles. The van der Waals surface area contributed by atoms with Crippen LogP contribution in [0.1, 0.15) is 65.7 Å². The maximum Gasteiger partial charge on any atom is 0.317 e. The molecule has 0 spiro atoms. The fourth-order valence-corrected chi connectivity index (χ4v) is 3.24. The normalized spacial score (nSPS) is 17.5. The van der Waals surface area contributed by atoms with E-state index in [0.29, 0.717) is 6.54 Å². The number of carboxylic acid groups (broad SMARTS) is 1. The molecule has 0 aromatic carbocycles. The number of nitrogens with zero attached hydrogens (tertiary/aromatic N) is 1. The highest BCUT2D eigenvalue weighted by Gasteiger charge is 2.35. The molecule has 0 aliphatic heterocycles. The van der Waals surface area contributed by atoms with Crippen LogP contribution in [-0.2, 0) is 4.79 Å². The summed E-state index contributed by atoms with van der Waals surface area (Å²) >= 11 is 0. The molecule has 0 atom stereocenters. The minimum Gasteiger partial charge on any atom is -0.481 e. The van der Waals surface area contributed by atoms with Crippen LogP contribution in [0.25, 0.3) is 0 Å². The molecule has 0 bridgehead atoms. The van der Waals surface area contributed by atoms with Crippen molar-refractivity contribution in [3.63, 3.8) is 0 Å². The second-order valence-electron chi connectivity index (χ2n) is 6.58. The SMILES string of the molecule is CCCN(C(=O)NCC1(CC(=O)O)CCCCC1)C(C)C. The molecule has 0 aromatic rings. The number of urea groups is 1. The van der Waals surface area contributed by atoms with Gasteiger partial charge < -0.3 is 15.3 Å². The van der Waals surface area contributed by atoms with Gasteiger partial charge >= 0.3 is 12.0 Å². The summed E-state index contributed by atoms with van der Waals surface area (Å²) in [6.45, 7) is 7.27. The molecule has 122 valence electrons. The highest BCUT2D eigenvalue weighted by molar-refractivity contribution is 5.74. The van der Waals surface area contributed by atoms with Crippen LogP contribution in [0.2, 0.25) is 0 Å². The van der Waals surface area contributed by atoms with E-state index >= 15 is 0 Å².